The lowest BCUT2D eigenvalue weighted by Gasteiger charge is -2.32. The Hall–Kier alpha value is -0.870. The number of benzene rings is 1. The second kappa shape index (κ2) is 7.23. The first kappa shape index (κ1) is 17.2. The van der Waals surface area contributed by atoms with E-state index in [4.69, 9.17) is 5.73 Å². The first-order chi connectivity index (χ1) is 9.30. The molecule has 0 aliphatic carbocycles. The highest BCUT2D eigenvalue weighted by atomic mass is 79.9. The number of rotatable bonds is 6. The number of aryl methyl sites for hydroxylation is 1. The molecule has 0 fully saturated rings. The number of hydrogen-bond acceptors (Lipinski definition) is 2. The van der Waals surface area contributed by atoms with E-state index in [2.05, 4.69) is 36.7 Å². The van der Waals surface area contributed by atoms with Crippen LogP contribution in [0.2, 0.25) is 0 Å². The fourth-order valence-corrected chi connectivity index (χ4v) is 2.39. The van der Waals surface area contributed by atoms with Gasteiger partial charge in [0.2, 0.25) is 0 Å². The summed E-state index contributed by atoms with van der Waals surface area (Å²) in [6.45, 7) is 10.3. The summed E-state index contributed by atoms with van der Waals surface area (Å²) in [6, 6.07) is 5.76. The molecule has 0 atom stereocenters. The molecule has 0 saturated heterocycles. The summed E-state index contributed by atoms with van der Waals surface area (Å²) >= 11 is 3.49. The molecular formula is C16H25BrN2O. The molecule has 0 aromatic heterocycles. The molecule has 1 aromatic carbocycles. The summed E-state index contributed by atoms with van der Waals surface area (Å²) < 4.78 is 0.970. The molecular weight excluding hydrogens is 316 g/mol. The lowest BCUT2D eigenvalue weighted by atomic mass is 9.92. The lowest BCUT2D eigenvalue weighted by Crippen LogP contribution is -2.42. The van der Waals surface area contributed by atoms with Crippen molar-refractivity contribution in [3.63, 3.8) is 0 Å². The first-order valence-corrected chi connectivity index (χ1v) is 7.85. The maximum atomic E-state index is 12.7. The van der Waals surface area contributed by atoms with Gasteiger partial charge < -0.3 is 10.6 Å². The molecule has 2 N–H and O–H groups in total. The fraction of sp³-hybridized carbons (Fsp3) is 0.562. The maximum Gasteiger partial charge on any atom is 0.253 e. The van der Waals surface area contributed by atoms with Crippen molar-refractivity contribution in [3.8, 4) is 0 Å². The number of nitrogens with zero attached hydrogens (tertiary/aromatic N) is 1. The second-order valence-corrected chi connectivity index (χ2v) is 6.91. The highest BCUT2D eigenvalue weighted by Gasteiger charge is 2.24. The van der Waals surface area contributed by atoms with Crippen LogP contribution in [0.15, 0.2) is 22.7 Å². The van der Waals surface area contributed by atoms with E-state index in [1.54, 1.807) is 0 Å². The Balaban J connectivity index is 2.96. The van der Waals surface area contributed by atoms with Crippen molar-refractivity contribution in [2.24, 2.45) is 11.1 Å². The van der Waals surface area contributed by atoms with Crippen LogP contribution in [0.3, 0.4) is 0 Å². The monoisotopic (exact) mass is 340 g/mol. The van der Waals surface area contributed by atoms with E-state index < -0.39 is 0 Å². The third-order valence-corrected chi connectivity index (χ3v) is 4.23. The Kier molecular flexibility index (Phi) is 6.21. The van der Waals surface area contributed by atoms with Gasteiger partial charge in [0, 0.05) is 23.1 Å². The smallest absolute Gasteiger partial charge is 0.253 e. The molecule has 0 saturated carbocycles. The zero-order valence-corrected chi connectivity index (χ0v) is 14.5. The molecule has 4 heteroatoms. The van der Waals surface area contributed by atoms with Gasteiger partial charge in [0.25, 0.3) is 5.91 Å². The van der Waals surface area contributed by atoms with Crippen LogP contribution in [0, 0.1) is 12.3 Å². The Morgan fingerprint density at radius 1 is 1.40 bits per heavy atom. The van der Waals surface area contributed by atoms with Gasteiger partial charge >= 0.3 is 0 Å². The van der Waals surface area contributed by atoms with Crippen molar-refractivity contribution in [3.05, 3.63) is 33.8 Å². The van der Waals surface area contributed by atoms with Crippen LogP contribution < -0.4 is 5.73 Å². The van der Waals surface area contributed by atoms with Crippen LogP contribution in [-0.2, 0) is 0 Å². The highest BCUT2D eigenvalue weighted by Crippen LogP contribution is 2.21. The maximum absolute atomic E-state index is 12.7. The van der Waals surface area contributed by atoms with Crippen LogP contribution in [0.25, 0.3) is 0 Å². The minimum absolute atomic E-state index is 0.0627. The molecule has 0 aliphatic heterocycles. The number of hydrogen-bond donors (Lipinski definition) is 1. The van der Waals surface area contributed by atoms with Gasteiger partial charge in [-0.05, 0) is 43.0 Å². The van der Waals surface area contributed by atoms with Crippen LogP contribution in [0.1, 0.15) is 43.1 Å². The SMILES string of the molecule is CCCN(CC(C)(C)CN)C(=O)c1ccc(C)c(Br)c1. The molecule has 1 aromatic rings. The average Bonchev–Trinajstić information content (AvgIpc) is 2.40. The molecule has 0 bridgehead atoms. The van der Waals surface area contributed by atoms with E-state index in [0.29, 0.717) is 13.1 Å². The van der Waals surface area contributed by atoms with Gasteiger partial charge in [-0.15, -0.1) is 0 Å². The summed E-state index contributed by atoms with van der Waals surface area (Å²) in [5, 5.41) is 0. The zero-order valence-electron chi connectivity index (χ0n) is 12.9. The Labute approximate surface area is 130 Å². The van der Waals surface area contributed by atoms with E-state index in [1.807, 2.05) is 30.0 Å². The van der Waals surface area contributed by atoms with Gasteiger partial charge in [0.05, 0.1) is 0 Å². The van der Waals surface area contributed by atoms with Crippen LogP contribution >= 0.6 is 15.9 Å². The summed E-state index contributed by atoms with van der Waals surface area (Å²) in [5.74, 6) is 0.0778. The second-order valence-electron chi connectivity index (χ2n) is 6.06. The van der Waals surface area contributed by atoms with E-state index in [9.17, 15) is 4.79 Å². The van der Waals surface area contributed by atoms with Crippen molar-refractivity contribution >= 4 is 21.8 Å². The topological polar surface area (TPSA) is 46.3 Å². The number of carbonyl (C=O) groups is 1. The van der Waals surface area contributed by atoms with Crippen molar-refractivity contribution in [1.29, 1.82) is 0 Å². The number of nitrogens with two attached hydrogens (primary N) is 1. The normalized spacial score (nSPS) is 11.5. The Morgan fingerprint density at radius 2 is 2.05 bits per heavy atom. The number of halogens is 1. The Bertz CT molecular complexity index is 472. The highest BCUT2D eigenvalue weighted by molar-refractivity contribution is 9.10. The van der Waals surface area contributed by atoms with Gasteiger partial charge in [0.15, 0.2) is 0 Å². The third-order valence-electron chi connectivity index (χ3n) is 3.37. The summed E-state index contributed by atoms with van der Waals surface area (Å²) in [5.41, 5.74) is 7.58. The van der Waals surface area contributed by atoms with Crippen LogP contribution in [-0.4, -0.2) is 30.4 Å². The molecule has 0 heterocycles. The van der Waals surface area contributed by atoms with Crippen LogP contribution in [0.5, 0.6) is 0 Å². The molecule has 0 unspecified atom stereocenters. The molecule has 0 radical (unpaired) electrons. The molecule has 0 aliphatic rings. The van der Waals surface area contributed by atoms with Gasteiger partial charge in [0.1, 0.15) is 0 Å². The molecule has 112 valence electrons. The quantitative estimate of drug-likeness (QED) is 0.859. The molecule has 3 nitrogen and oxygen atoms in total. The zero-order chi connectivity index (χ0) is 15.3. The van der Waals surface area contributed by atoms with E-state index in [1.165, 1.54) is 0 Å². The van der Waals surface area contributed by atoms with E-state index in [-0.39, 0.29) is 11.3 Å². The van der Waals surface area contributed by atoms with E-state index >= 15 is 0 Å². The summed E-state index contributed by atoms with van der Waals surface area (Å²) in [6.07, 6.45) is 0.944. The molecule has 1 rings (SSSR count). The van der Waals surface area contributed by atoms with Gasteiger partial charge in [-0.25, -0.2) is 0 Å². The first-order valence-electron chi connectivity index (χ1n) is 7.06. The summed E-state index contributed by atoms with van der Waals surface area (Å²) in [4.78, 5) is 14.6. The molecule has 0 spiro atoms. The third kappa shape index (κ3) is 4.60. The summed E-state index contributed by atoms with van der Waals surface area (Å²) in [7, 11) is 0. The molecule has 20 heavy (non-hydrogen) atoms. The predicted molar refractivity (Wildman–Crippen MR) is 87.9 cm³/mol. The number of amides is 1. The van der Waals surface area contributed by atoms with Crippen molar-refractivity contribution in [2.75, 3.05) is 19.6 Å². The van der Waals surface area contributed by atoms with Crippen LogP contribution in [0.4, 0.5) is 0 Å². The minimum Gasteiger partial charge on any atom is -0.338 e. The van der Waals surface area contributed by atoms with Crippen molar-refractivity contribution < 1.29 is 4.79 Å². The van der Waals surface area contributed by atoms with Crippen molar-refractivity contribution in [2.45, 2.75) is 34.1 Å². The van der Waals surface area contributed by atoms with Gasteiger partial charge in [-0.1, -0.05) is 42.8 Å². The van der Waals surface area contributed by atoms with Crippen molar-refractivity contribution in [1.82, 2.24) is 4.90 Å². The lowest BCUT2D eigenvalue weighted by molar-refractivity contribution is 0.0689. The molecule has 1 amide bonds. The van der Waals surface area contributed by atoms with Gasteiger partial charge in [-0.3, -0.25) is 4.79 Å². The minimum atomic E-state index is -0.0627. The Morgan fingerprint density at radius 3 is 2.55 bits per heavy atom. The predicted octanol–water partition coefficient (Wildman–Crippen LogP) is 3.59. The standard InChI is InChI=1S/C16H25BrN2O/c1-5-8-19(11-16(3,4)10-18)15(20)13-7-6-12(2)14(17)9-13/h6-7,9H,5,8,10-11,18H2,1-4H3. The van der Waals surface area contributed by atoms with Gasteiger partial charge in [-0.2, -0.15) is 0 Å². The van der Waals surface area contributed by atoms with E-state index in [0.717, 1.165) is 28.6 Å². The number of carbonyl (C=O) groups excluding carboxylic acids is 1. The average molecular weight is 341 g/mol. The largest absolute Gasteiger partial charge is 0.338 e. The fourth-order valence-electron chi connectivity index (χ4n) is 2.01.